The van der Waals surface area contributed by atoms with Crippen molar-refractivity contribution in [2.24, 2.45) is 0 Å². The molecule has 1 aliphatic heterocycles. The highest BCUT2D eigenvalue weighted by molar-refractivity contribution is 14.1. The van der Waals surface area contributed by atoms with Gasteiger partial charge in [-0.05, 0) is 22.6 Å². The average Bonchev–Trinajstić information content (AvgIpc) is 2.41. The quantitative estimate of drug-likeness (QED) is 0.676. The molecule has 5 heteroatoms. The van der Waals surface area contributed by atoms with E-state index in [1.165, 1.54) is 0 Å². The molecule has 12 heavy (non-hydrogen) atoms. The van der Waals surface area contributed by atoms with E-state index in [4.69, 9.17) is 11.6 Å². The first-order chi connectivity index (χ1) is 5.70. The zero-order valence-corrected chi connectivity index (χ0v) is 8.60. The molecule has 0 bridgehead atoms. The van der Waals surface area contributed by atoms with Gasteiger partial charge in [0.2, 0.25) is 0 Å². The molecule has 1 aromatic heterocycles. The molecule has 0 unspecified atom stereocenters. The molecule has 0 N–H and O–H groups in total. The zero-order valence-electron chi connectivity index (χ0n) is 5.68. The minimum atomic E-state index is -0.505. The van der Waals surface area contributed by atoms with Gasteiger partial charge >= 0.3 is 0 Å². The number of aromatic nitrogens is 1. The van der Waals surface area contributed by atoms with Crippen molar-refractivity contribution >= 4 is 43.6 Å². The molecule has 1 radical (unpaired) electrons. The molecule has 0 aromatic carbocycles. The standard InChI is InChI=1S/C7H2ClFIN2/c8-6-3(9)1-11-7-5(6)4(10)2-12-7/h1-2H. The van der Waals surface area contributed by atoms with Crippen molar-refractivity contribution in [3.05, 3.63) is 28.8 Å². The van der Waals surface area contributed by atoms with Gasteiger partial charge < -0.3 is 0 Å². The van der Waals surface area contributed by atoms with Gasteiger partial charge in [0.25, 0.3) is 0 Å². The molecule has 61 valence electrons. The molecule has 1 aromatic rings. The third kappa shape index (κ3) is 1.09. The van der Waals surface area contributed by atoms with Crippen LogP contribution in [-0.2, 0) is 0 Å². The van der Waals surface area contributed by atoms with E-state index >= 15 is 0 Å². The Labute approximate surface area is 87.0 Å². The third-order valence-corrected chi connectivity index (χ3v) is 2.68. The van der Waals surface area contributed by atoms with Crippen molar-refractivity contribution in [2.45, 2.75) is 0 Å². The fourth-order valence-electron chi connectivity index (χ4n) is 0.949. The first-order valence-corrected chi connectivity index (χ1v) is 4.56. The van der Waals surface area contributed by atoms with Crippen LogP contribution in [0.1, 0.15) is 5.56 Å². The van der Waals surface area contributed by atoms with Gasteiger partial charge in [0.05, 0.1) is 16.8 Å². The third-order valence-electron chi connectivity index (χ3n) is 1.49. The van der Waals surface area contributed by atoms with Crippen LogP contribution in [-0.4, -0.2) is 4.98 Å². The summed E-state index contributed by atoms with van der Waals surface area (Å²) in [5.74, 6) is -0.0131. The van der Waals surface area contributed by atoms with Gasteiger partial charge in [-0.3, -0.25) is 0 Å². The lowest BCUT2D eigenvalue weighted by Crippen LogP contribution is -1.90. The number of pyridine rings is 1. The van der Waals surface area contributed by atoms with Crippen molar-refractivity contribution < 1.29 is 4.39 Å². The van der Waals surface area contributed by atoms with Crippen molar-refractivity contribution in [1.82, 2.24) is 10.3 Å². The predicted octanol–water partition coefficient (Wildman–Crippen LogP) is 2.86. The lowest BCUT2D eigenvalue weighted by molar-refractivity contribution is 0.621. The summed E-state index contributed by atoms with van der Waals surface area (Å²) >= 11 is 7.75. The van der Waals surface area contributed by atoms with Crippen LogP contribution in [0, 0.1) is 5.82 Å². The number of rotatable bonds is 0. The Morgan fingerprint density at radius 2 is 2.25 bits per heavy atom. The summed E-state index contributed by atoms with van der Waals surface area (Å²) in [6.45, 7) is 0. The molecule has 1 aliphatic rings. The first-order valence-electron chi connectivity index (χ1n) is 3.11. The molecule has 2 heterocycles. The number of hydrogen-bond donors (Lipinski definition) is 0. The molecule has 0 saturated carbocycles. The molecule has 0 fully saturated rings. The minimum Gasteiger partial charge on any atom is -0.235 e. The van der Waals surface area contributed by atoms with Gasteiger partial charge in [0, 0.05) is 9.78 Å². The topological polar surface area (TPSA) is 27.0 Å². The second-order valence-electron chi connectivity index (χ2n) is 2.22. The van der Waals surface area contributed by atoms with E-state index in [0.717, 1.165) is 9.78 Å². The van der Waals surface area contributed by atoms with E-state index in [1.54, 1.807) is 6.20 Å². The van der Waals surface area contributed by atoms with Crippen LogP contribution in [0.15, 0.2) is 12.4 Å². The largest absolute Gasteiger partial charge is 0.235 e. The van der Waals surface area contributed by atoms with Crippen LogP contribution in [0.2, 0.25) is 5.02 Å². The summed E-state index contributed by atoms with van der Waals surface area (Å²) in [5.41, 5.74) is 0.595. The van der Waals surface area contributed by atoms with Crippen molar-refractivity contribution in [3.63, 3.8) is 0 Å². The summed E-state index contributed by atoms with van der Waals surface area (Å²) in [7, 11) is 0. The average molecular weight is 295 g/mol. The first kappa shape index (κ1) is 8.25. The second-order valence-corrected chi connectivity index (χ2v) is 3.77. The zero-order chi connectivity index (χ0) is 8.72. The molecule has 0 atom stereocenters. The van der Waals surface area contributed by atoms with E-state index in [2.05, 4.69) is 10.3 Å². The summed E-state index contributed by atoms with van der Waals surface area (Å²) in [5, 5.41) is 4.05. The number of nitrogens with zero attached hydrogens (tertiary/aromatic N) is 2. The van der Waals surface area contributed by atoms with Gasteiger partial charge in [0.1, 0.15) is 0 Å². The van der Waals surface area contributed by atoms with E-state index < -0.39 is 5.82 Å². The Hall–Kier alpha value is -0.360. The Morgan fingerprint density at radius 1 is 1.50 bits per heavy atom. The molecule has 0 amide bonds. The maximum atomic E-state index is 12.9. The Balaban J connectivity index is 2.70. The van der Waals surface area contributed by atoms with Crippen molar-refractivity contribution in [2.75, 3.05) is 0 Å². The summed E-state index contributed by atoms with van der Waals surface area (Å²) in [6.07, 6.45) is 2.69. The Kier molecular flexibility index (Phi) is 1.96. The SMILES string of the molecule is Fc1cnc2c(c1Cl)C(I)=C[N]2. The van der Waals surface area contributed by atoms with Crippen LogP contribution >= 0.6 is 34.2 Å². The maximum absolute atomic E-state index is 12.9. The molecule has 2 nitrogen and oxygen atoms in total. The van der Waals surface area contributed by atoms with Gasteiger partial charge in [-0.25, -0.2) is 14.7 Å². The smallest absolute Gasteiger partial charge is 0.161 e. The summed E-state index contributed by atoms with van der Waals surface area (Å²) in [6, 6.07) is 0. The van der Waals surface area contributed by atoms with Crippen LogP contribution in [0.3, 0.4) is 0 Å². The highest BCUT2D eigenvalue weighted by atomic mass is 127. The molecular weight excluding hydrogens is 293 g/mol. The predicted molar refractivity (Wildman–Crippen MR) is 53.0 cm³/mol. The van der Waals surface area contributed by atoms with Crippen LogP contribution in [0.5, 0.6) is 0 Å². The highest BCUT2D eigenvalue weighted by Gasteiger charge is 2.20. The Bertz CT molecular complexity index is 378. The van der Waals surface area contributed by atoms with Crippen LogP contribution in [0.25, 0.3) is 3.58 Å². The highest BCUT2D eigenvalue weighted by Crippen LogP contribution is 2.38. The maximum Gasteiger partial charge on any atom is 0.161 e. The monoisotopic (exact) mass is 295 g/mol. The Morgan fingerprint density at radius 3 is 3.00 bits per heavy atom. The number of fused-ring (bicyclic) bond motifs is 1. The van der Waals surface area contributed by atoms with E-state index in [9.17, 15) is 4.39 Å². The van der Waals surface area contributed by atoms with Crippen molar-refractivity contribution in [3.8, 4) is 0 Å². The van der Waals surface area contributed by atoms with E-state index in [1.807, 2.05) is 22.6 Å². The minimum absolute atomic E-state index is 0.0990. The normalized spacial score (nSPS) is 13.8. The number of halogens is 3. The molecule has 0 saturated heterocycles. The molecule has 2 rings (SSSR count). The van der Waals surface area contributed by atoms with Gasteiger partial charge in [-0.1, -0.05) is 11.6 Å². The number of hydrogen-bond acceptors (Lipinski definition) is 1. The second kappa shape index (κ2) is 2.85. The van der Waals surface area contributed by atoms with E-state index in [0.29, 0.717) is 11.4 Å². The van der Waals surface area contributed by atoms with Gasteiger partial charge in [0.15, 0.2) is 11.6 Å². The van der Waals surface area contributed by atoms with Crippen LogP contribution < -0.4 is 5.32 Å². The fraction of sp³-hybridized carbons (Fsp3) is 0. The van der Waals surface area contributed by atoms with Crippen molar-refractivity contribution in [1.29, 1.82) is 0 Å². The lowest BCUT2D eigenvalue weighted by atomic mass is 10.3. The lowest BCUT2D eigenvalue weighted by Gasteiger charge is -2.00. The summed E-state index contributed by atoms with van der Waals surface area (Å²) < 4.78 is 13.7. The van der Waals surface area contributed by atoms with Crippen LogP contribution in [0.4, 0.5) is 10.2 Å². The van der Waals surface area contributed by atoms with Gasteiger partial charge in [-0.2, -0.15) is 0 Å². The molecule has 0 spiro atoms. The van der Waals surface area contributed by atoms with Gasteiger partial charge in [-0.15, -0.1) is 0 Å². The summed E-state index contributed by atoms with van der Waals surface area (Å²) in [4.78, 5) is 3.79. The fourth-order valence-corrected chi connectivity index (χ4v) is 1.99. The van der Waals surface area contributed by atoms with E-state index in [-0.39, 0.29) is 5.02 Å². The molecular formula is C7H2ClFIN2. The molecule has 0 aliphatic carbocycles.